The molecule has 0 saturated carbocycles. The summed E-state index contributed by atoms with van der Waals surface area (Å²) in [5.74, 6) is 1.19. The van der Waals surface area contributed by atoms with E-state index in [0.717, 1.165) is 17.7 Å². The van der Waals surface area contributed by atoms with E-state index in [1.165, 1.54) is 12.1 Å². The Morgan fingerprint density at radius 3 is 2.48 bits per heavy atom. The Morgan fingerprint density at radius 1 is 0.966 bits per heavy atom. The number of fused-ring (bicyclic) bond motifs is 1. The van der Waals surface area contributed by atoms with E-state index in [0.29, 0.717) is 43.4 Å². The predicted octanol–water partition coefficient (Wildman–Crippen LogP) is 3.80. The van der Waals surface area contributed by atoms with Crippen LogP contribution in [0.15, 0.2) is 48.5 Å². The van der Waals surface area contributed by atoms with Crippen LogP contribution in [0.1, 0.15) is 11.1 Å². The molecule has 0 atom stereocenters. The Morgan fingerprint density at radius 2 is 1.72 bits per heavy atom. The molecule has 5 nitrogen and oxygen atoms in total. The summed E-state index contributed by atoms with van der Waals surface area (Å²) in [6.07, 6.45) is -1.16. The number of carbonyl (C=O) groups excluding carboxylic acids is 1. The van der Waals surface area contributed by atoms with Crippen LogP contribution in [0.4, 0.5) is 18.9 Å². The molecule has 4 rings (SSSR count). The smallest absolute Gasteiger partial charge is 0.416 e. The molecule has 2 heterocycles. The number of carbonyl (C=O) groups is 1. The van der Waals surface area contributed by atoms with Crippen LogP contribution in [0.5, 0.6) is 11.5 Å². The largest absolute Gasteiger partial charge is 0.454 e. The summed E-state index contributed by atoms with van der Waals surface area (Å²) in [7, 11) is 0. The van der Waals surface area contributed by atoms with Crippen LogP contribution in [0.25, 0.3) is 6.08 Å². The second kappa shape index (κ2) is 7.69. The molecule has 0 aliphatic carbocycles. The number of benzene rings is 2. The summed E-state index contributed by atoms with van der Waals surface area (Å²) < 4.78 is 49.3. The Bertz CT molecular complexity index is 935. The molecule has 1 fully saturated rings. The fourth-order valence-corrected chi connectivity index (χ4v) is 3.35. The minimum atomic E-state index is -4.37. The van der Waals surface area contributed by atoms with Crippen LogP contribution in [-0.2, 0) is 11.0 Å². The van der Waals surface area contributed by atoms with Crippen molar-refractivity contribution in [3.05, 3.63) is 59.7 Å². The van der Waals surface area contributed by atoms with E-state index in [1.54, 1.807) is 29.2 Å². The molecule has 0 unspecified atom stereocenters. The van der Waals surface area contributed by atoms with Crippen molar-refractivity contribution in [1.82, 2.24) is 4.90 Å². The van der Waals surface area contributed by atoms with E-state index in [9.17, 15) is 18.0 Å². The highest BCUT2D eigenvalue weighted by atomic mass is 19.4. The monoisotopic (exact) mass is 404 g/mol. The van der Waals surface area contributed by atoms with Crippen molar-refractivity contribution in [2.75, 3.05) is 37.9 Å². The number of anilines is 1. The third-order valence-electron chi connectivity index (χ3n) is 4.94. The van der Waals surface area contributed by atoms with E-state index in [1.807, 2.05) is 11.0 Å². The number of amides is 1. The summed E-state index contributed by atoms with van der Waals surface area (Å²) in [4.78, 5) is 16.0. The molecule has 2 aromatic rings. The lowest BCUT2D eigenvalue weighted by atomic mass is 10.1. The predicted molar refractivity (Wildman–Crippen MR) is 102 cm³/mol. The van der Waals surface area contributed by atoms with Crippen molar-refractivity contribution in [2.24, 2.45) is 0 Å². The van der Waals surface area contributed by atoms with Gasteiger partial charge < -0.3 is 19.3 Å². The maximum atomic E-state index is 12.9. The molecule has 2 aromatic carbocycles. The number of ether oxygens (including phenoxy) is 2. The highest BCUT2D eigenvalue weighted by Gasteiger charge is 2.31. The van der Waals surface area contributed by atoms with Crippen molar-refractivity contribution in [3.63, 3.8) is 0 Å². The first kappa shape index (κ1) is 19.2. The normalized spacial score (nSPS) is 16.5. The van der Waals surface area contributed by atoms with Crippen LogP contribution in [0.3, 0.4) is 0 Å². The van der Waals surface area contributed by atoms with Gasteiger partial charge >= 0.3 is 6.18 Å². The van der Waals surface area contributed by atoms with Crippen molar-refractivity contribution in [1.29, 1.82) is 0 Å². The maximum absolute atomic E-state index is 12.9. The third-order valence-corrected chi connectivity index (χ3v) is 4.94. The molecule has 0 bridgehead atoms. The van der Waals surface area contributed by atoms with Crippen molar-refractivity contribution >= 4 is 17.7 Å². The van der Waals surface area contributed by atoms with Crippen LogP contribution >= 0.6 is 0 Å². The zero-order valence-corrected chi connectivity index (χ0v) is 15.5. The standard InChI is InChI=1S/C21H19F3N2O3/c22-21(23,24)16-2-1-3-17(13-16)25-8-10-26(11-9-25)20(27)7-5-15-4-6-18-19(12-15)29-14-28-18/h1-7,12-13H,8-11,14H2/b7-5+. The number of rotatable bonds is 3. The van der Waals surface area contributed by atoms with Crippen LogP contribution in [0.2, 0.25) is 0 Å². The van der Waals surface area contributed by atoms with E-state index in [4.69, 9.17) is 9.47 Å². The molecule has 2 aliphatic heterocycles. The van der Waals surface area contributed by atoms with Gasteiger partial charge in [-0.1, -0.05) is 12.1 Å². The Hall–Kier alpha value is -3.16. The van der Waals surface area contributed by atoms with Crippen LogP contribution < -0.4 is 14.4 Å². The van der Waals surface area contributed by atoms with Gasteiger partial charge in [0.25, 0.3) is 0 Å². The first-order valence-corrected chi connectivity index (χ1v) is 9.19. The van der Waals surface area contributed by atoms with Gasteiger partial charge in [-0.05, 0) is 42.0 Å². The van der Waals surface area contributed by atoms with Gasteiger partial charge in [0.1, 0.15) is 0 Å². The molecule has 0 spiro atoms. The molecular weight excluding hydrogens is 385 g/mol. The first-order valence-electron chi connectivity index (χ1n) is 9.19. The Labute approximate surface area is 165 Å². The van der Waals surface area contributed by atoms with E-state index in [-0.39, 0.29) is 12.7 Å². The fraction of sp³-hybridized carbons (Fsp3) is 0.286. The quantitative estimate of drug-likeness (QED) is 0.730. The molecule has 1 saturated heterocycles. The van der Waals surface area contributed by atoms with Gasteiger partial charge in [0.05, 0.1) is 5.56 Å². The van der Waals surface area contributed by atoms with Gasteiger partial charge in [-0.3, -0.25) is 4.79 Å². The van der Waals surface area contributed by atoms with Crippen molar-refractivity contribution < 1.29 is 27.4 Å². The van der Waals surface area contributed by atoms with Gasteiger partial charge in [0.2, 0.25) is 12.7 Å². The summed E-state index contributed by atoms with van der Waals surface area (Å²) in [5.41, 5.74) is 0.674. The number of piperazine rings is 1. The minimum Gasteiger partial charge on any atom is -0.454 e. The van der Waals surface area contributed by atoms with Gasteiger partial charge in [-0.2, -0.15) is 13.2 Å². The van der Waals surface area contributed by atoms with Crippen molar-refractivity contribution in [3.8, 4) is 11.5 Å². The van der Waals surface area contributed by atoms with E-state index in [2.05, 4.69) is 0 Å². The molecular formula is C21H19F3N2O3. The average Bonchev–Trinajstić information content (AvgIpc) is 3.19. The molecule has 8 heteroatoms. The molecule has 29 heavy (non-hydrogen) atoms. The number of hydrogen-bond acceptors (Lipinski definition) is 4. The highest BCUT2D eigenvalue weighted by molar-refractivity contribution is 5.92. The fourth-order valence-electron chi connectivity index (χ4n) is 3.35. The van der Waals surface area contributed by atoms with Crippen LogP contribution in [0, 0.1) is 0 Å². The number of nitrogens with zero attached hydrogens (tertiary/aromatic N) is 2. The number of alkyl halides is 3. The SMILES string of the molecule is O=C(/C=C/c1ccc2c(c1)OCO2)N1CCN(c2cccc(C(F)(F)F)c2)CC1. The van der Waals surface area contributed by atoms with Gasteiger partial charge in [-0.15, -0.1) is 0 Å². The van der Waals surface area contributed by atoms with Gasteiger partial charge in [0.15, 0.2) is 11.5 Å². The maximum Gasteiger partial charge on any atom is 0.416 e. The second-order valence-electron chi connectivity index (χ2n) is 6.81. The molecule has 1 amide bonds. The Kier molecular flexibility index (Phi) is 5.08. The molecule has 0 radical (unpaired) electrons. The lowest BCUT2D eigenvalue weighted by Crippen LogP contribution is -2.48. The Balaban J connectivity index is 1.35. The summed E-state index contributed by atoms with van der Waals surface area (Å²) in [6, 6.07) is 10.7. The van der Waals surface area contributed by atoms with E-state index >= 15 is 0 Å². The minimum absolute atomic E-state index is 0.133. The van der Waals surface area contributed by atoms with E-state index < -0.39 is 11.7 Å². The average molecular weight is 404 g/mol. The van der Waals surface area contributed by atoms with Crippen molar-refractivity contribution in [2.45, 2.75) is 6.18 Å². The molecule has 2 aliphatic rings. The summed E-state index contributed by atoms with van der Waals surface area (Å²) >= 11 is 0. The van der Waals surface area contributed by atoms with Crippen LogP contribution in [-0.4, -0.2) is 43.8 Å². The molecule has 152 valence electrons. The topological polar surface area (TPSA) is 42.0 Å². The lowest BCUT2D eigenvalue weighted by Gasteiger charge is -2.35. The highest BCUT2D eigenvalue weighted by Crippen LogP contribution is 2.33. The molecule has 0 N–H and O–H groups in total. The van der Waals surface area contributed by atoms with Gasteiger partial charge in [-0.25, -0.2) is 0 Å². The summed E-state index contributed by atoms with van der Waals surface area (Å²) in [6.45, 7) is 2.04. The first-order chi connectivity index (χ1) is 13.9. The zero-order valence-electron chi connectivity index (χ0n) is 15.5. The summed E-state index contributed by atoms with van der Waals surface area (Å²) in [5, 5.41) is 0. The third kappa shape index (κ3) is 4.31. The van der Waals surface area contributed by atoms with Gasteiger partial charge in [0, 0.05) is 37.9 Å². The molecule has 0 aromatic heterocycles. The zero-order chi connectivity index (χ0) is 20.4. The number of halogens is 3. The lowest BCUT2D eigenvalue weighted by molar-refractivity contribution is -0.137. The number of hydrogen-bond donors (Lipinski definition) is 0. The second-order valence-corrected chi connectivity index (χ2v) is 6.81.